The van der Waals surface area contributed by atoms with Crippen molar-refractivity contribution >= 4 is 0 Å². The first-order valence-electron chi connectivity index (χ1n) is 6.69. The predicted molar refractivity (Wildman–Crippen MR) is 72.3 cm³/mol. The van der Waals surface area contributed by atoms with E-state index in [2.05, 4.69) is 0 Å². The van der Waals surface area contributed by atoms with Gasteiger partial charge in [0.2, 0.25) is 0 Å². The Bertz CT molecular complexity index is 667. The number of hydrogen-bond acceptors (Lipinski definition) is 2. The van der Waals surface area contributed by atoms with Crippen LogP contribution in [-0.2, 0) is 6.54 Å². The van der Waals surface area contributed by atoms with E-state index >= 15 is 0 Å². The Balaban J connectivity index is 1.77. The maximum Gasteiger partial charge on any atom is 0.124 e. The van der Waals surface area contributed by atoms with Gasteiger partial charge in [-0.2, -0.15) is 5.26 Å². The molecule has 20 heavy (non-hydrogen) atoms. The molecule has 0 radical (unpaired) electrons. The van der Waals surface area contributed by atoms with Crippen LogP contribution in [0.5, 0.6) is 0 Å². The zero-order valence-corrected chi connectivity index (χ0v) is 11.0. The lowest BCUT2D eigenvalue weighted by atomic mass is 10.1. The van der Waals surface area contributed by atoms with Crippen LogP contribution >= 0.6 is 0 Å². The molecule has 0 bridgehead atoms. The molecular formula is C16H15FN2O. The van der Waals surface area contributed by atoms with Gasteiger partial charge in [0.1, 0.15) is 5.82 Å². The van der Waals surface area contributed by atoms with E-state index < -0.39 is 11.9 Å². The number of aromatic nitrogens is 1. The molecule has 3 rings (SSSR count). The molecule has 1 unspecified atom stereocenters. The van der Waals surface area contributed by atoms with E-state index in [0.717, 1.165) is 24.0 Å². The molecule has 102 valence electrons. The normalized spacial score (nSPS) is 15.8. The predicted octanol–water partition coefficient (Wildman–Crippen LogP) is 2.99. The minimum absolute atomic E-state index is 0.324. The summed E-state index contributed by atoms with van der Waals surface area (Å²) < 4.78 is 15.3. The minimum Gasteiger partial charge on any atom is -0.388 e. The molecule has 1 aromatic carbocycles. The standard InChI is InChI=1S/C16H15FN2O/c17-15-6-11(8-18)5-12(7-15)9-19-4-3-14(10-19)16(20)13-1-2-13/h3-7,10,13,16,20H,1-2,9H2. The molecule has 0 amide bonds. The lowest BCUT2D eigenvalue weighted by molar-refractivity contribution is 0.154. The Morgan fingerprint density at radius 3 is 2.90 bits per heavy atom. The highest BCUT2D eigenvalue weighted by atomic mass is 19.1. The van der Waals surface area contributed by atoms with E-state index in [1.165, 1.54) is 12.1 Å². The van der Waals surface area contributed by atoms with Gasteiger partial charge >= 0.3 is 0 Å². The van der Waals surface area contributed by atoms with E-state index in [-0.39, 0.29) is 0 Å². The molecule has 1 aliphatic rings. The molecule has 4 heteroatoms. The average molecular weight is 270 g/mol. The Hall–Kier alpha value is -2.12. The van der Waals surface area contributed by atoms with Crippen molar-refractivity contribution in [3.8, 4) is 6.07 Å². The van der Waals surface area contributed by atoms with Gasteiger partial charge in [0.15, 0.2) is 0 Å². The summed E-state index contributed by atoms with van der Waals surface area (Å²) >= 11 is 0. The van der Waals surface area contributed by atoms with E-state index in [1.807, 2.05) is 29.1 Å². The van der Waals surface area contributed by atoms with E-state index in [0.29, 0.717) is 18.0 Å². The molecule has 0 spiro atoms. The van der Waals surface area contributed by atoms with E-state index in [9.17, 15) is 9.50 Å². The summed E-state index contributed by atoms with van der Waals surface area (Å²) in [4.78, 5) is 0. The zero-order chi connectivity index (χ0) is 14.1. The molecular weight excluding hydrogens is 255 g/mol. The first-order valence-corrected chi connectivity index (χ1v) is 6.69. The van der Waals surface area contributed by atoms with Crippen molar-refractivity contribution < 1.29 is 9.50 Å². The molecule has 1 N–H and O–H groups in total. The molecule has 2 aromatic rings. The summed E-state index contributed by atoms with van der Waals surface area (Å²) in [6.07, 6.45) is 5.54. The van der Waals surface area contributed by atoms with Crippen molar-refractivity contribution in [2.24, 2.45) is 5.92 Å². The molecule has 1 heterocycles. The highest BCUT2D eigenvalue weighted by Crippen LogP contribution is 2.40. The summed E-state index contributed by atoms with van der Waals surface area (Å²) in [5.41, 5.74) is 1.97. The van der Waals surface area contributed by atoms with Gasteiger partial charge in [0.05, 0.1) is 17.7 Å². The second-order valence-electron chi connectivity index (χ2n) is 5.36. The van der Waals surface area contributed by atoms with Crippen LogP contribution in [0.1, 0.15) is 35.6 Å². The molecule has 0 saturated heterocycles. The van der Waals surface area contributed by atoms with Gasteiger partial charge in [-0.1, -0.05) is 0 Å². The average Bonchev–Trinajstić information content (AvgIpc) is 3.18. The van der Waals surface area contributed by atoms with Crippen molar-refractivity contribution in [3.63, 3.8) is 0 Å². The Morgan fingerprint density at radius 1 is 1.40 bits per heavy atom. The van der Waals surface area contributed by atoms with E-state index in [1.54, 1.807) is 6.07 Å². The van der Waals surface area contributed by atoms with E-state index in [4.69, 9.17) is 5.26 Å². The molecule has 1 aromatic heterocycles. The van der Waals surface area contributed by atoms with Crippen molar-refractivity contribution in [2.45, 2.75) is 25.5 Å². The minimum atomic E-state index is -0.399. The van der Waals surface area contributed by atoms with Gasteiger partial charge in [-0.25, -0.2) is 4.39 Å². The zero-order valence-electron chi connectivity index (χ0n) is 11.0. The maximum atomic E-state index is 13.4. The molecule has 1 saturated carbocycles. The molecule has 1 aliphatic carbocycles. The number of benzene rings is 1. The van der Waals surface area contributed by atoms with Crippen LogP contribution in [-0.4, -0.2) is 9.67 Å². The number of hydrogen-bond donors (Lipinski definition) is 1. The summed E-state index contributed by atoms with van der Waals surface area (Å²) in [5, 5.41) is 18.9. The van der Waals surface area contributed by atoms with Crippen LogP contribution in [0, 0.1) is 23.1 Å². The third-order valence-electron chi connectivity index (χ3n) is 3.64. The summed E-state index contributed by atoms with van der Waals surface area (Å²) in [6.45, 7) is 0.490. The number of nitrogens with zero attached hydrogens (tertiary/aromatic N) is 2. The molecule has 0 aliphatic heterocycles. The first-order chi connectivity index (χ1) is 9.65. The van der Waals surface area contributed by atoms with Crippen LogP contribution in [0.3, 0.4) is 0 Å². The van der Waals surface area contributed by atoms with Crippen molar-refractivity contribution in [2.75, 3.05) is 0 Å². The van der Waals surface area contributed by atoms with Gasteiger partial charge in [-0.3, -0.25) is 0 Å². The van der Waals surface area contributed by atoms with Gasteiger partial charge in [-0.15, -0.1) is 0 Å². The highest BCUT2D eigenvalue weighted by molar-refractivity contribution is 5.34. The fourth-order valence-electron chi connectivity index (χ4n) is 2.43. The van der Waals surface area contributed by atoms with Crippen LogP contribution in [0.4, 0.5) is 4.39 Å². The monoisotopic (exact) mass is 270 g/mol. The van der Waals surface area contributed by atoms with Crippen molar-refractivity contribution in [1.29, 1.82) is 5.26 Å². The lowest BCUT2D eigenvalue weighted by Gasteiger charge is -2.07. The third-order valence-corrected chi connectivity index (χ3v) is 3.64. The number of aliphatic hydroxyl groups excluding tert-OH is 1. The quantitative estimate of drug-likeness (QED) is 0.928. The lowest BCUT2D eigenvalue weighted by Crippen LogP contribution is -2.00. The van der Waals surface area contributed by atoms with Crippen molar-refractivity contribution in [1.82, 2.24) is 4.57 Å². The van der Waals surface area contributed by atoms with Crippen LogP contribution < -0.4 is 0 Å². The van der Waals surface area contributed by atoms with Gasteiger partial charge in [-0.05, 0) is 54.2 Å². The van der Waals surface area contributed by atoms with Crippen LogP contribution in [0.15, 0.2) is 36.7 Å². The second-order valence-corrected chi connectivity index (χ2v) is 5.36. The second kappa shape index (κ2) is 5.10. The number of rotatable bonds is 4. The Labute approximate surface area is 116 Å². The largest absolute Gasteiger partial charge is 0.388 e. The maximum absolute atomic E-state index is 13.4. The topological polar surface area (TPSA) is 49.0 Å². The molecule has 1 fully saturated rings. The Kier molecular flexibility index (Phi) is 3.29. The fourth-order valence-corrected chi connectivity index (χ4v) is 2.43. The van der Waals surface area contributed by atoms with Crippen LogP contribution in [0.25, 0.3) is 0 Å². The summed E-state index contributed by atoms with van der Waals surface area (Å²) in [7, 11) is 0. The van der Waals surface area contributed by atoms with Gasteiger partial charge in [0.25, 0.3) is 0 Å². The number of halogens is 1. The van der Waals surface area contributed by atoms with Crippen molar-refractivity contribution in [3.05, 3.63) is 59.2 Å². The van der Waals surface area contributed by atoms with Gasteiger partial charge in [0, 0.05) is 18.9 Å². The third kappa shape index (κ3) is 2.73. The summed E-state index contributed by atoms with van der Waals surface area (Å²) in [5.74, 6) is -0.00495. The molecule has 1 atom stereocenters. The smallest absolute Gasteiger partial charge is 0.124 e. The fraction of sp³-hybridized carbons (Fsp3) is 0.312. The van der Waals surface area contributed by atoms with Crippen LogP contribution in [0.2, 0.25) is 0 Å². The Morgan fingerprint density at radius 2 is 2.20 bits per heavy atom. The highest BCUT2D eigenvalue weighted by Gasteiger charge is 2.31. The number of nitriles is 1. The molecule has 3 nitrogen and oxygen atoms in total. The summed E-state index contributed by atoms with van der Waals surface area (Å²) in [6, 6.07) is 8.18. The SMILES string of the molecule is N#Cc1cc(F)cc(Cn2ccc(C(O)C3CC3)c2)c1. The number of aliphatic hydroxyl groups is 1. The first kappa shape index (κ1) is 12.9. The van der Waals surface area contributed by atoms with Gasteiger partial charge < -0.3 is 9.67 Å².